The first-order chi connectivity index (χ1) is 14.5. The number of hydrogen-bond donors (Lipinski definition) is 1. The van der Waals surface area contributed by atoms with E-state index in [1.165, 1.54) is 12.7 Å². The van der Waals surface area contributed by atoms with Gasteiger partial charge in [0, 0.05) is 18.1 Å². The number of aromatic hydroxyl groups is 1. The van der Waals surface area contributed by atoms with Crippen molar-refractivity contribution in [2.24, 2.45) is 0 Å². The van der Waals surface area contributed by atoms with Crippen molar-refractivity contribution in [1.82, 2.24) is 9.88 Å². The Balaban J connectivity index is 1.81. The van der Waals surface area contributed by atoms with Gasteiger partial charge in [-0.1, -0.05) is 41.9 Å². The molecule has 3 aromatic carbocycles. The van der Waals surface area contributed by atoms with Gasteiger partial charge >= 0.3 is 0 Å². The van der Waals surface area contributed by atoms with Crippen LogP contribution in [0.4, 0.5) is 0 Å². The Morgan fingerprint density at radius 2 is 1.67 bits per heavy atom. The minimum atomic E-state index is -0.0558. The molecule has 0 radical (unpaired) electrons. The van der Waals surface area contributed by atoms with Crippen molar-refractivity contribution in [1.29, 1.82) is 0 Å². The van der Waals surface area contributed by atoms with Crippen LogP contribution >= 0.6 is 11.6 Å². The lowest BCUT2D eigenvalue weighted by molar-refractivity contribution is 0.374. The van der Waals surface area contributed by atoms with E-state index in [2.05, 4.69) is 60.4 Å². The summed E-state index contributed by atoms with van der Waals surface area (Å²) >= 11 is 6.23. The van der Waals surface area contributed by atoms with Crippen molar-refractivity contribution in [3.8, 4) is 33.8 Å². The van der Waals surface area contributed by atoms with E-state index in [0.717, 1.165) is 39.7 Å². The molecule has 0 unspecified atom stereocenters. The number of pyridine rings is 1. The summed E-state index contributed by atoms with van der Waals surface area (Å²) in [7, 11) is 5.64. The van der Waals surface area contributed by atoms with E-state index in [1.54, 1.807) is 18.3 Å². The molecule has 1 aromatic heterocycles. The van der Waals surface area contributed by atoms with Gasteiger partial charge in [0.15, 0.2) is 11.5 Å². The van der Waals surface area contributed by atoms with Gasteiger partial charge in [-0.2, -0.15) is 0 Å². The third-order valence-electron chi connectivity index (χ3n) is 5.09. The topological polar surface area (TPSA) is 45.6 Å². The zero-order valence-electron chi connectivity index (χ0n) is 17.2. The Morgan fingerprint density at radius 3 is 2.37 bits per heavy atom. The lowest BCUT2D eigenvalue weighted by Gasteiger charge is -2.13. The zero-order valence-corrected chi connectivity index (χ0v) is 17.9. The van der Waals surface area contributed by atoms with Gasteiger partial charge < -0.3 is 14.7 Å². The smallest absolute Gasteiger partial charge is 0.176 e. The summed E-state index contributed by atoms with van der Waals surface area (Å²) in [5, 5.41) is 11.3. The normalized spacial score (nSPS) is 11.2. The number of aromatic nitrogens is 1. The average Bonchev–Trinajstić information content (AvgIpc) is 2.75. The minimum absolute atomic E-state index is 0.0558. The molecule has 0 spiro atoms. The summed E-state index contributed by atoms with van der Waals surface area (Å²) < 4.78 is 5.28. The van der Waals surface area contributed by atoms with Gasteiger partial charge in [0.1, 0.15) is 0 Å². The lowest BCUT2D eigenvalue weighted by atomic mass is 9.96. The SMILES string of the molecule is COc1cc(-c2ccnc3ccc(-c4ccc(CN(C)C)cc4)cc23)cc(Cl)c1O. The molecule has 0 bridgehead atoms. The number of fused-ring (bicyclic) bond motifs is 1. The largest absolute Gasteiger partial charge is 0.503 e. The highest BCUT2D eigenvalue weighted by Gasteiger charge is 2.13. The third-order valence-corrected chi connectivity index (χ3v) is 5.38. The van der Waals surface area contributed by atoms with Crippen LogP contribution in [0.5, 0.6) is 11.5 Å². The second-order valence-electron chi connectivity index (χ2n) is 7.53. The van der Waals surface area contributed by atoms with Crippen LogP contribution in [0.25, 0.3) is 33.2 Å². The molecule has 4 aromatic rings. The van der Waals surface area contributed by atoms with E-state index in [4.69, 9.17) is 16.3 Å². The van der Waals surface area contributed by atoms with Gasteiger partial charge in [-0.25, -0.2) is 0 Å². The molecule has 1 heterocycles. The Kier molecular flexibility index (Phi) is 5.62. The maximum atomic E-state index is 10.1. The zero-order chi connectivity index (χ0) is 21.3. The third kappa shape index (κ3) is 3.97. The predicted molar refractivity (Wildman–Crippen MR) is 123 cm³/mol. The van der Waals surface area contributed by atoms with Gasteiger partial charge in [-0.3, -0.25) is 4.98 Å². The fraction of sp³-hybridized carbons (Fsp3) is 0.160. The molecule has 5 heteroatoms. The molecule has 0 fully saturated rings. The van der Waals surface area contributed by atoms with E-state index in [9.17, 15) is 5.11 Å². The molecule has 0 aliphatic heterocycles. The van der Waals surface area contributed by atoms with Crippen LogP contribution in [0.3, 0.4) is 0 Å². The van der Waals surface area contributed by atoms with Crippen LogP contribution in [0.2, 0.25) is 5.02 Å². The standard InChI is InChI=1S/C25H23ClN2O2/c1-28(2)15-16-4-6-17(7-5-16)18-8-9-23-21(12-18)20(10-11-27-23)19-13-22(26)25(29)24(14-19)30-3/h4-14,29H,15H2,1-3H3. The molecule has 1 N–H and O–H groups in total. The van der Waals surface area contributed by atoms with Crippen LogP contribution in [-0.2, 0) is 6.54 Å². The molecule has 4 nitrogen and oxygen atoms in total. The Bertz CT molecular complexity index is 1200. The van der Waals surface area contributed by atoms with Crippen molar-refractivity contribution in [2.45, 2.75) is 6.54 Å². The van der Waals surface area contributed by atoms with Crippen LogP contribution in [0.15, 0.2) is 66.9 Å². The Morgan fingerprint density at radius 1 is 0.933 bits per heavy atom. The van der Waals surface area contributed by atoms with Gasteiger partial charge in [0.2, 0.25) is 0 Å². The van der Waals surface area contributed by atoms with E-state index < -0.39 is 0 Å². The highest BCUT2D eigenvalue weighted by atomic mass is 35.5. The monoisotopic (exact) mass is 418 g/mol. The maximum Gasteiger partial charge on any atom is 0.176 e. The number of hydrogen-bond acceptors (Lipinski definition) is 4. The van der Waals surface area contributed by atoms with Gasteiger partial charge in [0.25, 0.3) is 0 Å². The molecule has 4 rings (SSSR count). The van der Waals surface area contributed by atoms with Crippen molar-refractivity contribution in [3.63, 3.8) is 0 Å². The number of nitrogens with zero attached hydrogens (tertiary/aromatic N) is 2. The lowest BCUT2D eigenvalue weighted by Crippen LogP contribution is -2.10. The van der Waals surface area contributed by atoms with Crippen molar-refractivity contribution < 1.29 is 9.84 Å². The molecule has 0 aliphatic rings. The number of phenolic OH excluding ortho intramolecular Hbond substituents is 1. The Hall–Kier alpha value is -3.08. The minimum Gasteiger partial charge on any atom is -0.503 e. The second-order valence-corrected chi connectivity index (χ2v) is 7.94. The van der Waals surface area contributed by atoms with Crippen LogP contribution < -0.4 is 4.74 Å². The summed E-state index contributed by atoms with van der Waals surface area (Å²) in [6, 6.07) is 20.4. The summed E-state index contributed by atoms with van der Waals surface area (Å²) in [4.78, 5) is 6.67. The summed E-state index contributed by atoms with van der Waals surface area (Å²) in [6.45, 7) is 0.912. The highest BCUT2D eigenvalue weighted by molar-refractivity contribution is 6.32. The molecule has 0 saturated heterocycles. The number of benzene rings is 3. The molecular formula is C25H23ClN2O2. The number of rotatable bonds is 5. The predicted octanol–water partition coefficient (Wildman–Crippen LogP) is 6.00. The summed E-state index contributed by atoms with van der Waals surface area (Å²) in [5.74, 6) is 0.287. The van der Waals surface area contributed by atoms with Crippen LogP contribution in [0, 0.1) is 0 Å². The van der Waals surface area contributed by atoms with Gasteiger partial charge in [0.05, 0.1) is 17.6 Å². The molecule has 0 saturated carbocycles. The number of halogens is 1. The number of methoxy groups -OCH3 is 1. The van der Waals surface area contributed by atoms with E-state index in [0.29, 0.717) is 5.75 Å². The molecule has 152 valence electrons. The first-order valence-electron chi connectivity index (χ1n) is 9.66. The number of phenols is 1. The van der Waals surface area contributed by atoms with Crippen molar-refractivity contribution >= 4 is 22.5 Å². The first kappa shape index (κ1) is 20.2. The quantitative estimate of drug-likeness (QED) is 0.432. The molecular weight excluding hydrogens is 396 g/mol. The van der Waals surface area contributed by atoms with E-state index in [-0.39, 0.29) is 10.8 Å². The molecule has 0 atom stereocenters. The van der Waals surface area contributed by atoms with Crippen molar-refractivity contribution in [3.05, 3.63) is 77.4 Å². The van der Waals surface area contributed by atoms with E-state index in [1.807, 2.05) is 12.1 Å². The van der Waals surface area contributed by atoms with Crippen LogP contribution in [0.1, 0.15) is 5.56 Å². The van der Waals surface area contributed by atoms with Crippen LogP contribution in [-0.4, -0.2) is 36.2 Å². The highest BCUT2D eigenvalue weighted by Crippen LogP contribution is 2.40. The van der Waals surface area contributed by atoms with Gasteiger partial charge in [-0.15, -0.1) is 0 Å². The van der Waals surface area contributed by atoms with Crippen molar-refractivity contribution in [2.75, 3.05) is 21.2 Å². The summed E-state index contributed by atoms with van der Waals surface area (Å²) in [5.41, 5.74) is 6.27. The second kappa shape index (κ2) is 8.34. The molecule has 30 heavy (non-hydrogen) atoms. The average molecular weight is 419 g/mol. The first-order valence-corrected chi connectivity index (χ1v) is 10.0. The summed E-state index contributed by atoms with van der Waals surface area (Å²) in [6.07, 6.45) is 1.78. The number of ether oxygens (including phenoxy) is 1. The Labute approximate surface area is 181 Å². The molecule has 0 aliphatic carbocycles. The van der Waals surface area contributed by atoms with Gasteiger partial charge in [-0.05, 0) is 72.2 Å². The maximum absolute atomic E-state index is 10.1. The molecule has 0 amide bonds. The fourth-order valence-corrected chi connectivity index (χ4v) is 3.84. The van der Waals surface area contributed by atoms with E-state index >= 15 is 0 Å². The fourth-order valence-electron chi connectivity index (χ4n) is 3.63.